The summed E-state index contributed by atoms with van der Waals surface area (Å²) in [5.74, 6) is -0.432. The van der Waals surface area contributed by atoms with E-state index < -0.39 is 12.0 Å². The van der Waals surface area contributed by atoms with Crippen LogP contribution in [0.1, 0.15) is 43.4 Å². The third-order valence-electron chi connectivity index (χ3n) is 6.76. The van der Waals surface area contributed by atoms with E-state index in [0.29, 0.717) is 17.8 Å². The van der Waals surface area contributed by atoms with Crippen LogP contribution in [0.2, 0.25) is 0 Å². The van der Waals surface area contributed by atoms with Crippen molar-refractivity contribution in [1.82, 2.24) is 15.1 Å². The van der Waals surface area contributed by atoms with Crippen LogP contribution in [0.5, 0.6) is 0 Å². The van der Waals surface area contributed by atoms with E-state index in [2.05, 4.69) is 10.2 Å². The minimum Gasteiger partial charge on any atom is -0.463 e. The van der Waals surface area contributed by atoms with Crippen LogP contribution in [-0.4, -0.2) is 59.6 Å². The molecule has 37 heavy (non-hydrogen) atoms. The highest BCUT2D eigenvalue weighted by Gasteiger charge is 2.42. The second kappa shape index (κ2) is 11.8. The number of carbonyl (C=O) groups excluding carboxylic acids is 2. The Labute approximate surface area is 222 Å². The van der Waals surface area contributed by atoms with Crippen molar-refractivity contribution < 1.29 is 14.3 Å². The Morgan fingerprint density at radius 1 is 1.05 bits per heavy atom. The van der Waals surface area contributed by atoms with Crippen molar-refractivity contribution in [1.29, 1.82) is 0 Å². The number of amidine groups is 1. The van der Waals surface area contributed by atoms with Crippen LogP contribution < -0.4 is 5.32 Å². The van der Waals surface area contributed by atoms with Gasteiger partial charge in [-0.1, -0.05) is 72.4 Å². The summed E-state index contributed by atoms with van der Waals surface area (Å²) in [5, 5.41) is 5.80. The van der Waals surface area contributed by atoms with Gasteiger partial charge in [0.2, 0.25) is 5.91 Å². The van der Waals surface area contributed by atoms with Gasteiger partial charge in [-0.15, -0.1) is 0 Å². The van der Waals surface area contributed by atoms with Gasteiger partial charge in [0.1, 0.15) is 0 Å². The zero-order valence-electron chi connectivity index (χ0n) is 21.1. The number of hydrogen-bond acceptors (Lipinski definition) is 7. The molecule has 1 fully saturated rings. The van der Waals surface area contributed by atoms with Crippen LogP contribution in [0.15, 0.2) is 82.3 Å². The van der Waals surface area contributed by atoms with Crippen molar-refractivity contribution >= 4 is 34.5 Å². The molecule has 5 rings (SSSR count). The number of hydrogen-bond donors (Lipinski definition) is 1. The lowest BCUT2D eigenvalue weighted by atomic mass is 9.91. The van der Waals surface area contributed by atoms with Gasteiger partial charge in [-0.05, 0) is 43.8 Å². The third kappa shape index (κ3) is 5.65. The first-order chi connectivity index (χ1) is 18.2. The Kier molecular flexibility index (Phi) is 8.06. The number of amides is 1. The minimum absolute atomic E-state index is 0.0328. The first-order valence-electron chi connectivity index (χ1n) is 12.9. The Balaban J connectivity index is 1.46. The molecule has 192 valence electrons. The van der Waals surface area contributed by atoms with Crippen molar-refractivity contribution in [2.45, 2.75) is 32.2 Å². The first kappa shape index (κ1) is 25.3. The maximum Gasteiger partial charge on any atom is 0.338 e. The number of nitrogens with one attached hydrogen (secondary N) is 1. The van der Waals surface area contributed by atoms with Crippen LogP contribution in [0.4, 0.5) is 0 Å². The van der Waals surface area contributed by atoms with E-state index >= 15 is 0 Å². The summed E-state index contributed by atoms with van der Waals surface area (Å²) in [4.78, 5) is 35.8. The van der Waals surface area contributed by atoms with Crippen molar-refractivity contribution in [3.05, 3.63) is 88.5 Å². The molecular formula is C29H32N4O3S. The summed E-state index contributed by atoms with van der Waals surface area (Å²) >= 11 is 1.48. The topological polar surface area (TPSA) is 74.2 Å². The molecule has 0 radical (unpaired) electrons. The van der Waals surface area contributed by atoms with E-state index in [4.69, 9.17) is 9.73 Å². The monoisotopic (exact) mass is 516 g/mol. The van der Waals surface area contributed by atoms with Crippen molar-refractivity contribution in [2.75, 3.05) is 32.8 Å². The predicted molar refractivity (Wildman–Crippen MR) is 147 cm³/mol. The fourth-order valence-corrected chi connectivity index (χ4v) is 5.94. The molecule has 3 aliphatic rings. The van der Waals surface area contributed by atoms with E-state index in [9.17, 15) is 9.59 Å². The molecule has 8 heteroatoms. The van der Waals surface area contributed by atoms with Gasteiger partial charge < -0.3 is 19.9 Å². The molecule has 1 saturated heterocycles. The molecule has 3 heterocycles. The lowest BCUT2D eigenvalue weighted by Gasteiger charge is -2.36. The molecule has 2 aromatic rings. The van der Waals surface area contributed by atoms with Gasteiger partial charge in [0.05, 0.1) is 30.3 Å². The second-order valence-corrected chi connectivity index (χ2v) is 10.1. The normalized spacial score (nSPS) is 19.4. The molecule has 1 atom stereocenters. The number of likely N-dealkylation sites (tertiary alicyclic amines) is 1. The molecule has 1 amide bonds. The summed E-state index contributed by atoms with van der Waals surface area (Å²) in [6, 6.07) is 19.2. The Morgan fingerprint density at radius 3 is 2.46 bits per heavy atom. The summed E-state index contributed by atoms with van der Waals surface area (Å²) in [7, 11) is 0. The average molecular weight is 517 g/mol. The SMILES string of the molecule is CCOC(=O)C1=C(c2ccccc2)N=C2SC=C(CC(=O)NCCN3CCCC3)N2[C@H]1c1ccccc1. The molecule has 0 bridgehead atoms. The summed E-state index contributed by atoms with van der Waals surface area (Å²) in [6.07, 6.45) is 2.68. The highest BCUT2D eigenvalue weighted by Crippen LogP contribution is 2.46. The van der Waals surface area contributed by atoms with Gasteiger partial charge in [-0.3, -0.25) is 4.79 Å². The lowest BCUT2D eigenvalue weighted by Crippen LogP contribution is -2.39. The lowest BCUT2D eigenvalue weighted by molar-refractivity contribution is -0.139. The number of rotatable bonds is 9. The number of carbonyl (C=O) groups is 2. The van der Waals surface area contributed by atoms with Gasteiger partial charge in [-0.2, -0.15) is 0 Å². The predicted octanol–water partition coefficient (Wildman–Crippen LogP) is 4.56. The Morgan fingerprint density at radius 2 is 1.76 bits per heavy atom. The van der Waals surface area contributed by atoms with Crippen molar-refractivity contribution in [2.24, 2.45) is 4.99 Å². The minimum atomic E-state index is -0.457. The van der Waals surface area contributed by atoms with Gasteiger partial charge in [0, 0.05) is 24.4 Å². The molecule has 0 aliphatic carbocycles. The van der Waals surface area contributed by atoms with E-state index in [0.717, 1.165) is 41.6 Å². The van der Waals surface area contributed by atoms with Crippen LogP contribution in [0.3, 0.4) is 0 Å². The van der Waals surface area contributed by atoms with Gasteiger partial charge in [-0.25, -0.2) is 9.79 Å². The molecule has 7 nitrogen and oxygen atoms in total. The largest absolute Gasteiger partial charge is 0.463 e. The van der Waals surface area contributed by atoms with Gasteiger partial charge in [0.25, 0.3) is 0 Å². The molecule has 0 unspecified atom stereocenters. The van der Waals surface area contributed by atoms with E-state index in [1.54, 1.807) is 6.92 Å². The van der Waals surface area contributed by atoms with Crippen LogP contribution in [-0.2, 0) is 14.3 Å². The molecular weight excluding hydrogens is 484 g/mol. The smallest absolute Gasteiger partial charge is 0.338 e. The fraction of sp³-hybridized carbons (Fsp3) is 0.345. The van der Waals surface area contributed by atoms with Crippen LogP contribution >= 0.6 is 11.8 Å². The molecule has 1 N–H and O–H groups in total. The number of thioether (sulfide) groups is 1. The third-order valence-corrected chi connectivity index (χ3v) is 7.65. The highest BCUT2D eigenvalue weighted by atomic mass is 32.2. The quantitative estimate of drug-likeness (QED) is 0.493. The van der Waals surface area contributed by atoms with E-state index in [1.165, 1.54) is 24.6 Å². The maximum atomic E-state index is 13.5. The van der Waals surface area contributed by atoms with Crippen molar-refractivity contribution in [3.63, 3.8) is 0 Å². The van der Waals surface area contributed by atoms with Gasteiger partial charge >= 0.3 is 5.97 Å². The van der Waals surface area contributed by atoms with Crippen LogP contribution in [0, 0.1) is 0 Å². The van der Waals surface area contributed by atoms with E-state index in [1.807, 2.05) is 71.0 Å². The zero-order chi connectivity index (χ0) is 25.6. The Bertz CT molecular complexity index is 1220. The number of benzene rings is 2. The maximum absolute atomic E-state index is 13.5. The van der Waals surface area contributed by atoms with E-state index in [-0.39, 0.29) is 18.9 Å². The first-order valence-corrected chi connectivity index (χ1v) is 13.8. The summed E-state index contributed by atoms with van der Waals surface area (Å²) in [6.45, 7) is 5.79. The standard InChI is InChI=1S/C29H32N4O3S/c1-2-36-28(35)25-26(21-11-5-3-6-12-21)31-29-33(27(25)22-13-7-4-8-14-22)23(20-37-29)19-24(34)30-15-18-32-16-9-10-17-32/h3-8,11-14,20,27H,2,9-10,15-19H2,1H3,(H,30,34)/t27-/m0/s1. The Hall–Kier alpha value is -3.36. The molecule has 2 aromatic carbocycles. The molecule has 0 saturated carbocycles. The number of ether oxygens (including phenoxy) is 1. The summed E-state index contributed by atoms with van der Waals surface area (Å²) in [5.41, 5.74) is 3.70. The number of fused-ring (bicyclic) bond motifs is 1. The zero-order valence-corrected chi connectivity index (χ0v) is 21.9. The number of aliphatic imine (C=N–C) groups is 1. The number of nitrogens with zero attached hydrogens (tertiary/aromatic N) is 3. The number of esters is 1. The molecule has 0 aromatic heterocycles. The van der Waals surface area contributed by atoms with Crippen LogP contribution in [0.25, 0.3) is 5.70 Å². The molecule has 0 spiro atoms. The second-order valence-electron chi connectivity index (χ2n) is 9.23. The van der Waals surface area contributed by atoms with Gasteiger partial charge in [0.15, 0.2) is 5.17 Å². The average Bonchev–Trinajstić information content (AvgIpc) is 3.59. The van der Waals surface area contributed by atoms with Crippen molar-refractivity contribution in [3.8, 4) is 0 Å². The molecule has 3 aliphatic heterocycles. The fourth-order valence-electron chi connectivity index (χ4n) is 5.03. The summed E-state index contributed by atoms with van der Waals surface area (Å²) < 4.78 is 5.55. The highest BCUT2D eigenvalue weighted by molar-refractivity contribution is 8.16.